The lowest BCUT2D eigenvalue weighted by Crippen LogP contribution is -2.42. The van der Waals surface area contributed by atoms with E-state index in [1.807, 2.05) is 0 Å². The topological polar surface area (TPSA) is 63.4 Å². The molecular weight excluding hydrogens is 164 g/mol. The molecule has 5 heteroatoms. The minimum Gasteiger partial charge on any atom is -0.328 e. The van der Waals surface area contributed by atoms with Crippen molar-refractivity contribution in [2.75, 3.05) is 19.3 Å². The molecule has 2 N–H and O–H groups in total. The third kappa shape index (κ3) is 2.43. The van der Waals surface area contributed by atoms with Gasteiger partial charge in [-0.15, -0.1) is 0 Å². The van der Waals surface area contributed by atoms with Gasteiger partial charge in [-0.2, -0.15) is 0 Å². The lowest BCUT2D eigenvalue weighted by atomic mass is 10.1. The van der Waals surface area contributed by atoms with Crippen molar-refractivity contribution in [2.24, 2.45) is 5.73 Å². The van der Waals surface area contributed by atoms with E-state index in [2.05, 4.69) is 0 Å². The second-order valence-electron chi connectivity index (χ2n) is 2.30. The van der Waals surface area contributed by atoms with Gasteiger partial charge in [0.2, 0.25) is 10.0 Å². The highest BCUT2D eigenvalue weighted by Gasteiger charge is 2.22. The maximum Gasteiger partial charge on any atom is 0.211 e. The predicted molar refractivity (Wildman–Crippen MR) is 43.6 cm³/mol. The number of nitrogens with zero attached hydrogens (tertiary/aromatic N) is 1. The number of piperidine rings is 1. The van der Waals surface area contributed by atoms with Crippen LogP contribution < -0.4 is 5.73 Å². The molecule has 0 spiro atoms. The molecule has 11 heavy (non-hydrogen) atoms. The molecule has 0 radical (unpaired) electrons. The Morgan fingerprint density at radius 1 is 1.64 bits per heavy atom. The fourth-order valence-electron chi connectivity index (χ4n) is 0.700. The van der Waals surface area contributed by atoms with Crippen LogP contribution in [0.5, 0.6) is 0 Å². The minimum atomic E-state index is -3.70. The van der Waals surface area contributed by atoms with Crippen molar-refractivity contribution in [1.29, 1.82) is 0 Å². The van der Waals surface area contributed by atoms with Gasteiger partial charge in [0.25, 0.3) is 0 Å². The Kier molecular flexibility index (Phi) is 1.18. The highest BCUT2D eigenvalue weighted by Crippen LogP contribution is 2.10. The van der Waals surface area contributed by atoms with Crippen molar-refractivity contribution < 1.29 is 15.3 Å². The molecule has 0 atom stereocenters. The van der Waals surface area contributed by atoms with Gasteiger partial charge in [-0.05, 0) is 12.7 Å². The largest absolute Gasteiger partial charge is 0.328 e. The number of hydrogen-bond acceptors (Lipinski definition) is 3. The van der Waals surface area contributed by atoms with Crippen LogP contribution in [-0.4, -0.2) is 38.1 Å². The van der Waals surface area contributed by atoms with Crippen LogP contribution in [-0.2, 0) is 10.0 Å². The summed E-state index contributed by atoms with van der Waals surface area (Å²) in [7, 11) is -3.70. The molecule has 66 valence electrons. The highest BCUT2D eigenvalue weighted by molar-refractivity contribution is 7.88. The second-order valence-corrected chi connectivity index (χ2v) is 4.28. The first-order valence-electron chi connectivity index (χ1n) is 5.55. The Morgan fingerprint density at radius 2 is 2.09 bits per heavy atom. The van der Waals surface area contributed by atoms with Crippen LogP contribution in [0.4, 0.5) is 0 Å². The van der Waals surface area contributed by atoms with Crippen LogP contribution in [0.25, 0.3) is 0 Å². The SMILES string of the molecule is [2H]C1([2H])CN(S(C)(=O)=O)CC([2H])([2H])C1([2H])N. The standard InChI is InChI=1S/C6H14N2O2S/c1-11(9,10)8-4-2-6(7)3-5-8/h6H,2-5,7H2,1H3/i2D2,3D2,6D. The smallest absolute Gasteiger partial charge is 0.211 e. The Bertz CT molecular complexity index is 374. The van der Waals surface area contributed by atoms with Crippen LogP contribution in [0.2, 0.25) is 0 Å². The van der Waals surface area contributed by atoms with Crippen molar-refractivity contribution in [3.8, 4) is 0 Å². The van der Waals surface area contributed by atoms with E-state index in [1.165, 1.54) is 0 Å². The average Bonchev–Trinajstić information content (AvgIpc) is 1.97. The van der Waals surface area contributed by atoms with Gasteiger partial charge >= 0.3 is 0 Å². The van der Waals surface area contributed by atoms with Gasteiger partial charge in [0.15, 0.2) is 0 Å². The fourth-order valence-corrected chi connectivity index (χ4v) is 1.30. The third-order valence-corrected chi connectivity index (χ3v) is 2.56. The van der Waals surface area contributed by atoms with Crippen molar-refractivity contribution in [1.82, 2.24) is 4.31 Å². The van der Waals surface area contributed by atoms with Gasteiger partial charge in [-0.1, -0.05) is 0 Å². The van der Waals surface area contributed by atoms with Gasteiger partial charge in [0.1, 0.15) is 0 Å². The normalized spacial score (nSPS) is 42.5. The molecule has 1 aliphatic rings. The lowest BCUT2D eigenvalue weighted by Gasteiger charge is -2.27. The summed E-state index contributed by atoms with van der Waals surface area (Å²) in [6.07, 6.45) is -4.03. The van der Waals surface area contributed by atoms with Gasteiger partial charge in [-0.3, -0.25) is 0 Å². The van der Waals surface area contributed by atoms with Gasteiger partial charge in [0.05, 0.1) is 6.26 Å². The molecule has 4 nitrogen and oxygen atoms in total. The number of rotatable bonds is 1. The summed E-state index contributed by atoms with van der Waals surface area (Å²) in [6, 6.07) is -2.47. The zero-order chi connectivity index (χ0) is 13.0. The summed E-state index contributed by atoms with van der Waals surface area (Å²) in [4.78, 5) is 0. The number of hydrogen-bond donors (Lipinski definition) is 1. The second kappa shape index (κ2) is 3.08. The Morgan fingerprint density at radius 3 is 2.45 bits per heavy atom. The first-order chi connectivity index (χ1) is 6.81. The summed E-state index contributed by atoms with van der Waals surface area (Å²) in [5.74, 6) is 0. The Labute approximate surface area is 74.4 Å². The summed E-state index contributed by atoms with van der Waals surface area (Å²) >= 11 is 0. The maximum absolute atomic E-state index is 11.3. The minimum absolute atomic E-state index is 0.606. The van der Waals surface area contributed by atoms with E-state index in [4.69, 9.17) is 12.6 Å². The molecule has 1 aliphatic heterocycles. The first kappa shape index (κ1) is 4.20. The summed E-state index contributed by atoms with van der Waals surface area (Å²) in [5.41, 5.74) is 5.33. The monoisotopic (exact) mass is 183 g/mol. The number of sulfonamides is 1. The molecule has 0 saturated carbocycles. The van der Waals surface area contributed by atoms with E-state index in [1.54, 1.807) is 0 Å². The van der Waals surface area contributed by atoms with Gasteiger partial charge in [0, 0.05) is 26.0 Å². The summed E-state index contributed by atoms with van der Waals surface area (Å²) in [5, 5.41) is 0. The zero-order valence-electron chi connectivity index (χ0n) is 11.2. The molecule has 1 rings (SSSR count). The quantitative estimate of drug-likeness (QED) is 0.588. The van der Waals surface area contributed by atoms with E-state index in [9.17, 15) is 8.42 Å². The summed E-state index contributed by atoms with van der Waals surface area (Å²) in [6.45, 7) is -1.21. The Balaban J connectivity index is 3.19. The van der Waals surface area contributed by atoms with Crippen LogP contribution in [0, 0.1) is 0 Å². The van der Waals surface area contributed by atoms with Gasteiger partial charge in [-0.25, -0.2) is 12.7 Å². The van der Waals surface area contributed by atoms with E-state index in [0.29, 0.717) is 4.31 Å². The highest BCUT2D eigenvalue weighted by atomic mass is 32.2. The van der Waals surface area contributed by atoms with Crippen molar-refractivity contribution in [3.63, 3.8) is 0 Å². The van der Waals surface area contributed by atoms with E-state index in [-0.39, 0.29) is 0 Å². The molecular formula is C6H14N2O2S. The van der Waals surface area contributed by atoms with Crippen LogP contribution >= 0.6 is 0 Å². The van der Waals surface area contributed by atoms with E-state index in [0.717, 1.165) is 6.26 Å². The number of nitrogens with two attached hydrogens (primary N) is 1. The zero-order valence-corrected chi connectivity index (χ0v) is 6.98. The molecule has 0 aromatic rings. The molecule has 0 aromatic carbocycles. The molecule has 1 heterocycles. The van der Waals surface area contributed by atoms with Crippen LogP contribution in [0.15, 0.2) is 0 Å². The maximum atomic E-state index is 11.3. The molecule has 1 fully saturated rings. The molecule has 0 bridgehead atoms. The lowest BCUT2D eigenvalue weighted by molar-refractivity contribution is 0.322. The molecule has 1 saturated heterocycles. The van der Waals surface area contributed by atoms with Gasteiger partial charge < -0.3 is 5.73 Å². The van der Waals surface area contributed by atoms with Crippen molar-refractivity contribution in [3.05, 3.63) is 0 Å². The predicted octanol–water partition coefficient (Wildman–Crippen LogP) is -0.631. The van der Waals surface area contributed by atoms with E-state index >= 15 is 0 Å². The first-order valence-corrected chi connectivity index (χ1v) is 4.90. The van der Waals surface area contributed by atoms with Crippen LogP contribution in [0.1, 0.15) is 19.6 Å². The summed E-state index contributed by atoms with van der Waals surface area (Å²) < 4.78 is 60.7. The fraction of sp³-hybridized carbons (Fsp3) is 1.00. The Hall–Kier alpha value is -0.130. The molecule has 0 aliphatic carbocycles. The van der Waals surface area contributed by atoms with Crippen LogP contribution in [0.3, 0.4) is 0 Å². The molecule has 0 amide bonds. The molecule has 0 aromatic heterocycles. The molecule has 0 unspecified atom stereocenters. The average molecular weight is 183 g/mol. The van der Waals surface area contributed by atoms with Crippen molar-refractivity contribution >= 4 is 10.0 Å². The third-order valence-electron chi connectivity index (χ3n) is 1.36. The van der Waals surface area contributed by atoms with Crippen molar-refractivity contribution in [2.45, 2.75) is 18.8 Å². The van der Waals surface area contributed by atoms with E-state index < -0.39 is 41.9 Å².